The summed E-state index contributed by atoms with van der Waals surface area (Å²) in [5.74, 6) is 0.662. The molecule has 1 atom stereocenters. The molecule has 0 saturated carbocycles. The number of hydrogen-bond donors (Lipinski definition) is 1. The minimum Gasteiger partial charge on any atom is -0.330 e. The van der Waals surface area contributed by atoms with Crippen LogP contribution in [0.4, 0.5) is 0 Å². The summed E-state index contributed by atoms with van der Waals surface area (Å²) in [4.78, 5) is 0. The average molecular weight is 253 g/mol. The lowest BCUT2D eigenvalue weighted by Gasteiger charge is -2.10. The molecule has 0 radical (unpaired) electrons. The van der Waals surface area contributed by atoms with Crippen molar-refractivity contribution in [3.63, 3.8) is 0 Å². The lowest BCUT2D eigenvalue weighted by atomic mass is 9.96. The molecule has 0 bridgehead atoms. The maximum atomic E-state index is 5.60. The Morgan fingerprint density at radius 3 is 1.95 bits per heavy atom. The van der Waals surface area contributed by atoms with Crippen LogP contribution >= 0.6 is 0 Å². The molecule has 0 amide bonds. The molecule has 1 unspecified atom stereocenters. The molecule has 2 rings (SSSR count). The number of benzene rings is 2. The molecule has 19 heavy (non-hydrogen) atoms. The second-order valence-electron chi connectivity index (χ2n) is 5.45. The summed E-state index contributed by atoms with van der Waals surface area (Å²) in [6, 6.07) is 17.6. The summed E-state index contributed by atoms with van der Waals surface area (Å²) in [5.41, 5.74) is 10.9. The third-order valence-corrected chi connectivity index (χ3v) is 3.58. The first-order chi connectivity index (χ1) is 9.19. The smallest absolute Gasteiger partial charge is 0.00746 e. The summed E-state index contributed by atoms with van der Waals surface area (Å²) >= 11 is 0. The summed E-state index contributed by atoms with van der Waals surface area (Å²) in [6.45, 7) is 5.16. The number of rotatable bonds is 5. The van der Waals surface area contributed by atoms with Gasteiger partial charge in [-0.05, 0) is 48.9 Å². The maximum absolute atomic E-state index is 5.60. The minimum atomic E-state index is 0.662. The van der Waals surface area contributed by atoms with Gasteiger partial charge in [0.25, 0.3) is 0 Å². The molecule has 0 heterocycles. The SMILES string of the molecule is Cc1ccc(-c2ccc(CC(C)CCN)cc2)cc1. The standard InChI is InChI=1S/C18H23N/c1-14-3-7-17(8-4-14)18-9-5-16(6-10-18)13-15(2)11-12-19/h3-10,15H,11-13,19H2,1-2H3. The van der Waals surface area contributed by atoms with E-state index in [2.05, 4.69) is 62.4 Å². The highest BCUT2D eigenvalue weighted by atomic mass is 14.5. The van der Waals surface area contributed by atoms with E-state index in [0.29, 0.717) is 5.92 Å². The fourth-order valence-corrected chi connectivity index (χ4v) is 2.37. The van der Waals surface area contributed by atoms with Crippen LogP contribution in [0.25, 0.3) is 11.1 Å². The fourth-order valence-electron chi connectivity index (χ4n) is 2.37. The van der Waals surface area contributed by atoms with Crippen LogP contribution in [0.2, 0.25) is 0 Å². The van der Waals surface area contributed by atoms with Gasteiger partial charge in [0.1, 0.15) is 0 Å². The van der Waals surface area contributed by atoms with Gasteiger partial charge in [0.2, 0.25) is 0 Å². The molecule has 2 N–H and O–H groups in total. The molecule has 0 saturated heterocycles. The van der Waals surface area contributed by atoms with Crippen LogP contribution < -0.4 is 5.73 Å². The van der Waals surface area contributed by atoms with E-state index in [1.54, 1.807) is 0 Å². The van der Waals surface area contributed by atoms with Gasteiger partial charge in [-0.15, -0.1) is 0 Å². The molecule has 0 aliphatic heterocycles. The maximum Gasteiger partial charge on any atom is -0.00746 e. The molecule has 0 fully saturated rings. The third kappa shape index (κ3) is 3.93. The summed E-state index contributed by atoms with van der Waals surface area (Å²) in [7, 11) is 0. The van der Waals surface area contributed by atoms with Crippen molar-refractivity contribution in [3.05, 3.63) is 59.7 Å². The van der Waals surface area contributed by atoms with E-state index in [1.807, 2.05) is 0 Å². The van der Waals surface area contributed by atoms with Crippen LogP contribution in [0, 0.1) is 12.8 Å². The van der Waals surface area contributed by atoms with Crippen molar-refractivity contribution in [2.75, 3.05) is 6.54 Å². The topological polar surface area (TPSA) is 26.0 Å². The van der Waals surface area contributed by atoms with Crippen molar-refractivity contribution in [1.82, 2.24) is 0 Å². The predicted molar refractivity (Wildman–Crippen MR) is 83.2 cm³/mol. The van der Waals surface area contributed by atoms with Gasteiger partial charge in [0.05, 0.1) is 0 Å². The first-order valence-electron chi connectivity index (χ1n) is 7.05. The highest BCUT2D eigenvalue weighted by Crippen LogP contribution is 2.21. The van der Waals surface area contributed by atoms with E-state index >= 15 is 0 Å². The van der Waals surface area contributed by atoms with Gasteiger partial charge in [-0.3, -0.25) is 0 Å². The molecule has 100 valence electrons. The van der Waals surface area contributed by atoms with Gasteiger partial charge in [-0.25, -0.2) is 0 Å². The van der Waals surface area contributed by atoms with Gasteiger partial charge in [0.15, 0.2) is 0 Å². The largest absolute Gasteiger partial charge is 0.330 e. The van der Waals surface area contributed by atoms with Crippen molar-refractivity contribution in [2.24, 2.45) is 11.7 Å². The number of nitrogens with two attached hydrogens (primary N) is 1. The molecular weight excluding hydrogens is 230 g/mol. The van der Waals surface area contributed by atoms with Gasteiger partial charge < -0.3 is 5.73 Å². The summed E-state index contributed by atoms with van der Waals surface area (Å²) in [6.07, 6.45) is 2.21. The monoisotopic (exact) mass is 253 g/mol. The Bertz CT molecular complexity index is 496. The Morgan fingerprint density at radius 1 is 0.895 bits per heavy atom. The Labute approximate surface area is 116 Å². The van der Waals surface area contributed by atoms with Gasteiger partial charge >= 0.3 is 0 Å². The van der Waals surface area contributed by atoms with E-state index < -0.39 is 0 Å². The van der Waals surface area contributed by atoms with E-state index in [4.69, 9.17) is 5.73 Å². The Kier molecular flexibility index (Phi) is 4.75. The molecule has 0 spiro atoms. The van der Waals surface area contributed by atoms with E-state index in [1.165, 1.54) is 22.3 Å². The number of aryl methyl sites for hydroxylation is 1. The summed E-state index contributed by atoms with van der Waals surface area (Å²) < 4.78 is 0. The van der Waals surface area contributed by atoms with Crippen molar-refractivity contribution >= 4 is 0 Å². The number of hydrogen-bond acceptors (Lipinski definition) is 1. The van der Waals surface area contributed by atoms with E-state index in [0.717, 1.165) is 19.4 Å². The van der Waals surface area contributed by atoms with E-state index in [-0.39, 0.29) is 0 Å². The highest BCUT2D eigenvalue weighted by molar-refractivity contribution is 5.63. The molecule has 2 aromatic rings. The Balaban J connectivity index is 2.08. The van der Waals surface area contributed by atoms with Crippen molar-refractivity contribution < 1.29 is 0 Å². The summed E-state index contributed by atoms with van der Waals surface area (Å²) in [5, 5.41) is 0. The average Bonchev–Trinajstić information content (AvgIpc) is 2.41. The molecule has 1 heteroatoms. The van der Waals surface area contributed by atoms with Crippen molar-refractivity contribution in [2.45, 2.75) is 26.7 Å². The van der Waals surface area contributed by atoms with Crippen LogP contribution in [0.3, 0.4) is 0 Å². The second-order valence-corrected chi connectivity index (χ2v) is 5.45. The van der Waals surface area contributed by atoms with Gasteiger partial charge in [-0.2, -0.15) is 0 Å². The third-order valence-electron chi connectivity index (χ3n) is 3.58. The lowest BCUT2D eigenvalue weighted by molar-refractivity contribution is 0.538. The lowest BCUT2D eigenvalue weighted by Crippen LogP contribution is -2.07. The quantitative estimate of drug-likeness (QED) is 0.849. The second kappa shape index (κ2) is 6.53. The fraction of sp³-hybridized carbons (Fsp3) is 0.333. The zero-order valence-electron chi connectivity index (χ0n) is 11.9. The molecular formula is C18H23N. The zero-order chi connectivity index (χ0) is 13.7. The van der Waals surface area contributed by atoms with Crippen LogP contribution in [-0.2, 0) is 6.42 Å². The first kappa shape index (κ1) is 13.8. The van der Waals surface area contributed by atoms with E-state index in [9.17, 15) is 0 Å². The van der Waals surface area contributed by atoms with Gasteiger partial charge in [-0.1, -0.05) is 61.0 Å². The highest BCUT2D eigenvalue weighted by Gasteiger charge is 2.03. The van der Waals surface area contributed by atoms with Crippen LogP contribution in [0.15, 0.2) is 48.5 Å². The molecule has 2 aromatic carbocycles. The molecule has 0 aliphatic carbocycles. The van der Waals surface area contributed by atoms with Crippen molar-refractivity contribution in [1.29, 1.82) is 0 Å². The molecule has 1 nitrogen and oxygen atoms in total. The van der Waals surface area contributed by atoms with Crippen LogP contribution in [-0.4, -0.2) is 6.54 Å². The minimum absolute atomic E-state index is 0.662. The zero-order valence-corrected chi connectivity index (χ0v) is 11.9. The molecule has 0 aromatic heterocycles. The molecule has 0 aliphatic rings. The first-order valence-corrected chi connectivity index (χ1v) is 7.05. The normalized spacial score (nSPS) is 12.4. The Hall–Kier alpha value is -1.60. The predicted octanol–water partition coefficient (Wildman–Crippen LogP) is 4.19. The van der Waals surface area contributed by atoms with Crippen LogP contribution in [0.5, 0.6) is 0 Å². The van der Waals surface area contributed by atoms with Gasteiger partial charge in [0, 0.05) is 0 Å². The van der Waals surface area contributed by atoms with Crippen LogP contribution in [0.1, 0.15) is 24.5 Å². The Morgan fingerprint density at radius 2 is 1.42 bits per heavy atom. The van der Waals surface area contributed by atoms with Crippen molar-refractivity contribution in [3.8, 4) is 11.1 Å².